The molecule has 1 aliphatic rings. The molecule has 4 nitrogen and oxygen atoms in total. The summed E-state index contributed by atoms with van der Waals surface area (Å²) in [6, 6.07) is 5.88. The van der Waals surface area contributed by atoms with Gasteiger partial charge in [0, 0.05) is 25.3 Å². The molecule has 0 unspecified atom stereocenters. The highest BCUT2D eigenvalue weighted by molar-refractivity contribution is 5.66. The number of carboxylic acid groups (broad SMARTS) is 1. The van der Waals surface area contributed by atoms with Gasteiger partial charge in [0.2, 0.25) is 0 Å². The summed E-state index contributed by atoms with van der Waals surface area (Å²) in [4.78, 5) is 12.8. The second kappa shape index (κ2) is 6.02. The van der Waals surface area contributed by atoms with Crippen molar-refractivity contribution in [1.82, 2.24) is 4.90 Å². The highest BCUT2D eigenvalue weighted by Gasteiger charge is 2.38. The fourth-order valence-corrected chi connectivity index (χ4v) is 2.32. The summed E-state index contributed by atoms with van der Waals surface area (Å²) in [6.07, 6.45) is 1.17. The number of ether oxygens (including phenoxy) is 1. The number of rotatable bonds is 6. The minimum Gasteiger partial charge on any atom is -0.465 e. The highest BCUT2D eigenvalue weighted by Crippen LogP contribution is 2.37. The van der Waals surface area contributed by atoms with Crippen molar-refractivity contribution in [1.29, 1.82) is 0 Å². The van der Waals surface area contributed by atoms with Crippen LogP contribution in [0.25, 0.3) is 0 Å². The number of hydrogen-bond donors (Lipinski definition) is 1. The van der Waals surface area contributed by atoms with Crippen molar-refractivity contribution in [2.75, 3.05) is 13.7 Å². The molecule has 1 N–H and O–H groups in total. The smallest absolute Gasteiger partial charge is 0.408 e. The number of carbonyl (C=O) groups is 1. The summed E-state index contributed by atoms with van der Waals surface area (Å²) in [7, 11) is 1.56. The fourth-order valence-electron chi connectivity index (χ4n) is 2.32. The van der Waals surface area contributed by atoms with Crippen LogP contribution in [0.1, 0.15) is 30.9 Å². The van der Waals surface area contributed by atoms with Gasteiger partial charge in [0.15, 0.2) is 0 Å². The third-order valence-electron chi connectivity index (χ3n) is 3.36. The van der Waals surface area contributed by atoms with Gasteiger partial charge < -0.3 is 9.84 Å². The van der Waals surface area contributed by atoms with Crippen molar-refractivity contribution in [3.05, 3.63) is 35.6 Å². The first-order chi connectivity index (χ1) is 9.15. The maximum Gasteiger partial charge on any atom is 0.408 e. The lowest BCUT2D eigenvalue weighted by atomic mass is 10.0. The predicted octanol–water partition coefficient (Wildman–Crippen LogP) is 3.05. The molecule has 104 valence electrons. The van der Waals surface area contributed by atoms with E-state index < -0.39 is 12.1 Å². The topological polar surface area (TPSA) is 49.8 Å². The maximum absolute atomic E-state index is 13.9. The quantitative estimate of drug-likeness (QED) is 0.861. The molecule has 0 bridgehead atoms. The number of hydrogen-bond acceptors (Lipinski definition) is 2. The first-order valence-corrected chi connectivity index (χ1v) is 6.39. The molecule has 5 heteroatoms. The number of nitrogens with zero attached hydrogens (tertiary/aromatic N) is 1. The molecule has 1 fully saturated rings. The van der Waals surface area contributed by atoms with E-state index in [1.54, 1.807) is 25.3 Å². The van der Waals surface area contributed by atoms with E-state index in [0.29, 0.717) is 18.6 Å². The van der Waals surface area contributed by atoms with Crippen LogP contribution in [0.3, 0.4) is 0 Å². The summed E-state index contributed by atoms with van der Waals surface area (Å²) in [5, 5.41) is 9.37. The molecule has 19 heavy (non-hydrogen) atoms. The Hall–Kier alpha value is -1.62. The van der Waals surface area contributed by atoms with Gasteiger partial charge in [-0.2, -0.15) is 0 Å². The maximum atomic E-state index is 13.9. The van der Waals surface area contributed by atoms with E-state index in [4.69, 9.17) is 4.74 Å². The Balaban J connectivity index is 2.28. The van der Waals surface area contributed by atoms with Crippen molar-refractivity contribution in [3.63, 3.8) is 0 Å². The van der Waals surface area contributed by atoms with Gasteiger partial charge in [0.25, 0.3) is 0 Å². The molecule has 0 radical (unpaired) electrons. The SMILES string of the molecule is COCC[C@@H](c1ccccc1F)N(C(=O)O)C1CC1. The number of halogens is 1. The van der Waals surface area contributed by atoms with E-state index in [-0.39, 0.29) is 11.9 Å². The van der Waals surface area contributed by atoms with Crippen molar-refractivity contribution in [3.8, 4) is 0 Å². The van der Waals surface area contributed by atoms with Crippen LogP contribution in [0, 0.1) is 5.82 Å². The Kier molecular flexibility index (Phi) is 4.37. The molecule has 1 atom stereocenters. The van der Waals surface area contributed by atoms with Crippen LogP contribution >= 0.6 is 0 Å². The second-order valence-corrected chi connectivity index (χ2v) is 4.74. The lowest BCUT2D eigenvalue weighted by molar-refractivity contribution is 0.0997. The molecule has 0 spiro atoms. The zero-order valence-corrected chi connectivity index (χ0v) is 10.9. The summed E-state index contributed by atoms with van der Waals surface area (Å²) < 4.78 is 18.9. The zero-order chi connectivity index (χ0) is 13.8. The molecule has 0 aromatic heterocycles. The van der Waals surface area contributed by atoms with Crippen molar-refractivity contribution in [2.45, 2.75) is 31.3 Å². The molecule has 0 aliphatic heterocycles. The van der Waals surface area contributed by atoms with E-state index in [2.05, 4.69) is 0 Å². The minimum atomic E-state index is -0.994. The van der Waals surface area contributed by atoms with E-state index in [9.17, 15) is 14.3 Å². The molecule has 2 rings (SSSR count). The van der Waals surface area contributed by atoms with Crippen LogP contribution in [0.4, 0.5) is 9.18 Å². The summed E-state index contributed by atoms with van der Waals surface area (Å²) in [6.45, 7) is 0.398. The Morgan fingerprint density at radius 3 is 2.74 bits per heavy atom. The van der Waals surface area contributed by atoms with Gasteiger partial charge in [0.1, 0.15) is 5.82 Å². The monoisotopic (exact) mass is 267 g/mol. The molecule has 1 amide bonds. The first kappa shape index (κ1) is 13.8. The number of methoxy groups -OCH3 is 1. The molecular weight excluding hydrogens is 249 g/mol. The summed E-state index contributed by atoms with van der Waals surface area (Å²) >= 11 is 0. The average molecular weight is 267 g/mol. The van der Waals surface area contributed by atoms with E-state index in [1.807, 2.05) is 0 Å². The molecule has 0 heterocycles. The van der Waals surface area contributed by atoms with Crippen LogP contribution in [-0.4, -0.2) is 35.9 Å². The normalized spacial score (nSPS) is 16.1. The molecule has 1 aromatic rings. The van der Waals surface area contributed by atoms with E-state index >= 15 is 0 Å². The lowest BCUT2D eigenvalue weighted by Gasteiger charge is -2.30. The Labute approximate surface area is 111 Å². The van der Waals surface area contributed by atoms with Gasteiger partial charge in [-0.25, -0.2) is 9.18 Å². The molecular formula is C14H18FNO3. The fraction of sp³-hybridized carbons (Fsp3) is 0.500. The van der Waals surface area contributed by atoms with Crippen LogP contribution in [0.15, 0.2) is 24.3 Å². The van der Waals surface area contributed by atoms with Crippen LogP contribution in [0.2, 0.25) is 0 Å². The van der Waals surface area contributed by atoms with Gasteiger partial charge in [-0.05, 0) is 25.3 Å². The Morgan fingerprint density at radius 1 is 1.53 bits per heavy atom. The van der Waals surface area contributed by atoms with Crippen LogP contribution in [-0.2, 0) is 4.74 Å². The highest BCUT2D eigenvalue weighted by atomic mass is 19.1. The predicted molar refractivity (Wildman–Crippen MR) is 68.5 cm³/mol. The van der Waals surface area contributed by atoms with Gasteiger partial charge in [-0.15, -0.1) is 0 Å². The Morgan fingerprint density at radius 2 is 2.21 bits per heavy atom. The van der Waals surface area contributed by atoms with Crippen LogP contribution in [0.5, 0.6) is 0 Å². The van der Waals surface area contributed by atoms with Crippen molar-refractivity contribution < 1.29 is 19.0 Å². The van der Waals surface area contributed by atoms with Crippen molar-refractivity contribution in [2.24, 2.45) is 0 Å². The third-order valence-corrected chi connectivity index (χ3v) is 3.36. The van der Waals surface area contributed by atoms with Gasteiger partial charge in [0.05, 0.1) is 6.04 Å². The molecule has 1 aromatic carbocycles. The van der Waals surface area contributed by atoms with Crippen molar-refractivity contribution >= 4 is 6.09 Å². The van der Waals surface area contributed by atoms with Crippen LogP contribution < -0.4 is 0 Å². The van der Waals surface area contributed by atoms with E-state index in [1.165, 1.54) is 11.0 Å². The largest absolute Gasteiger partial charge is 0.465 e. The lowest BCUT2D eigenvalue weighted by Crippen LogP contribution is -2.36. The van der Waals surface area contributed by atoms with Gasteiger partial charge >= 0.3 is 6.09 Å². The summed E-state index contributed by atoms with van der Waals surface area (Å²) in [5.41, 5.74) is 0.425. The Bertz CT molecular complexity index is 448. The number of benzene rings is 1. The number of amides is 1. The standard InChI is InChI=1S/C14H18FNO3/c1-19-9-8-13(11-4-2-3-5-12(11)15)16(14(17)18)10-6-7-10/h2-5,10,13H,6-9H2,1H3,(H,17,18)/t13-/m0/s1. The zero-order valence-electron chi connectivity index (χ0n) is 10.9. The first-order valence-electron chi connectivity index (χ1n) is 6.39. The molecule has 1 aliphatic carbocycles. The molecule has 1 saturated carbocycles. The second-order valence-electron chi connectivity index (χ2n) is 4.74. The minimum absolute atomic E-state index is 0.0129. The van der Waals surface area contributed by atoms with E-state index in [0.717, 1.165) is 12.8 Å². The molecule has 0 saturated heterocycles. The van der Waals surface area contributed by atoms with Gasteiger partial charge in [-0.1, -0.05) is 18.2 Å². The summed E-state index contributed by atoms with van der Waals surface area (Å²) in [5.74, 6) is -0.365. The average Bonchev–Trinajstić information content (AvgIpc) is 3.19. The van der Waals surface area contributed by atoms with Gasteiger partial charge in [-0.3, -0.25) is 4.90 Å². The third kappa shape index (κ3) is 3.23.